The number of benzene rings is 1. The first kappa shape index (κ1) is 21.6. The zero-order valence-electron chi connectivity index (χ0n) is 17.4. The van der Waals surface area contributed by atoms with Gasteiger partial charge in [0.1, 0.15) is 18.2 Å². The molecule has 0 bridgehead atoms. The first-order valence-electron chi connectivity index (χ1n) is 9.90. The lowest BCUT2D eigenvalue weighted by molar-refractivity contribution is 0.500. The number of aliphatic imine (C=N–C) groups is 2. The molecule has 2 heterocycles. The second kappa shape index (κ2) is 10.1. The molecule has 158 valence electrons. The van der Waals surface area contributed by atoms with Crippen molar-refractivity contribution >= 4 is 29.6 Å². The summed E-state index contributed by atoms with van der Waals surface area (Å²) < 4.78 is 0. The van der Waals surface area contributed by atoms with E-state index in [-0.39, 0.29) is 5.92 Å². The van der Waals surface area contributed by atoms with Gasteiger partial charge in [0.15, 0.2) is 0 Å². The number of nitrogens with zero attached hydrogens (tertiary/aromatic N) is 6. The lowest BCUT2D eigenvalue weighted by Crippen LogP contribution is -2.39. The van der Waals surface area contributed by atoms with E-state index in [0.29, 0.717) is 30.1 Å². The predicted molar refractivity (Wildman–Crippen MR) is 124 cm³/mol. The Morgan fingerprint density at radius 1 is 1.29 bits per heavy atom. The van der Waals surface area contributed by atoms with E-state index < -0.39 is 0 Å². The molecule has 0 atom stereocenters. The van der Waals surface area contributed by atoms with Crippen molar-refractivity contribution in [1.82, 2.24) is 10.2 Å². The zero-order chi connectivity index (χ0) is 22.2. The largest absolute Gasteiger partial charge is 0.404 e. The van der Waals surface area contributed by atoms with Crippen LogP contribution < -0.4 is 16.4 Å². The fraction of sp³-hybridized carbons (Fsp3) is 0.273. The molecular formula is C22H25N9. The number of aromatic nitrogens is 2. The Bertz CT molecular complexity index is 1060. The zero-order valence-corrected chi connectivity index (χ0v) is 17.4. The van der Waals surface area contributed by atoms with E-state index in [4.69, 9.17) is 16.9 Å². The fourth-order valence-corrected chi connectivity index (χ4v) is 3.88. The normalized spacial score (nSPS) is 15.8. The Labute approximate surface area is 181 Å². The van der Waals surface area contributed by atoms with Gasteiger partial charge in [0, 0.05) is 60.7 Å². The van der Waals surface area contributed by atoms with Crippen molar-refractivity contribution in [3.05, 3.63) is 47.9 Å². The number of hydrogen-bond acceptors (Lipinski definition) is 7. The Kier molecular flexibility index (Phi) is 7.06. The monoisotopic (exact) mass is 415 g/mol. The van der Waals surface area contributed by atoms with E-state index in [2.05, 4.69) is 31.2 Å². The van der Waals surface area contributed by atoms with Crippen LogP contribution in [0.2, 0.25) is 0 Å². The molecule has 0 amide bonds. The summed E-state index contributed by atoms with van der Waals surface area (Å²) in [5.41, 5.74) is 16.4. The minimum Gasteiger partial charge on any atom is -0.404 e. The number of piperidine rings is 1. The van der Waals surface area contributed by atoms with Crippen LogP contribution in [-0.4, -0.2) is 48.7 Å². The van der Waals surface area contributed by atoms with E-state index in [1.54, 1.807) is 25.7 Å². The van der Waals surface area contributed by atoms with Gasteiger partial charge in [-0.2, -0.15) is 15.5 Å². The number of nitrogens with one attached hydrogen (secondary N) is 1. The fourth-order valence-electron chi connectivity index (χ4n) is 3.88. The Balaban J connectivity index is 2.11. The molecule has 0 radical (unpaired) electrons. The van der Waals surface area contributed by atoms with Gasteiger partial charge in [0.2, 0.25) is 0 Å². The van der Waals surface area contributed by atoms with Crippen LogP contribution in [0.25, 0.3) is 16.7 Å². The molecule has 1 aliphatic rings. The third-order valence-electron chi connectivity index (χ3n) is 5.39. The molecular weight excluding hydrogens is 390 g/mol. The molecule has 1 aromatic carbocycles. The van der Waals surface area contributed by atoms with Crippen molar-refractivity contribution in [2.45, 2.75) is 12.8 Å². The van der Waals surface area contributed by atoms with Gasteiger partial charge >= 0.3 is 0 Å². The van der Waals surface area contributed by atoms with Crippen molar-refractivity contribution in [2.75, 3.05) is 25.0 Å². The van der Waals surface area contributed by atoms with Gasteiger partial charge in [0.25, 0.3) is 0 Å². The van der Waals surface area contributed by atoms with E-state index in [1.807, 2.05) is 18.2 Å². The van der Waals surface area contributed by atoms with Crippen LogP contribution in [0.3, 0.4) is 0 Å². The summed E-state index contributed by atoms with van der Waals surface area (Å²) in [5.74, 6) is 0.597. The molecule has 1 aromatic heterocycles. The molecule has 0 saturated carbocycles. The van der Waals surface area contributed by atoms with Crippen LogP contribution >= 0.6 is 0 Å². The molecule has 2 aromatic rings. The minimum atomic E-state index is 0.115. The van der Waals surface area contributed by atoms with Crippen LogP contribution in [0.5, 0.6) is 0 Å². The highest BCUT2D eigenvalue weighted by molar-refractivity contribution is 6.11. The average Bonchev–Trinajstić information content (AvgIpc) is 2.82. The molecule has 1 fully saturated rings. The van der Waals surface area contributed by atoms with Crippen molar-refractivity contribution in [2.24, 2.45) is 27.4 Å². The summed E-state index contributed by atoms with van der Waals surface area (Å²) in [7, 11) is 1.67. The summed E-state index contributed by atoms with van der Waals surface area (Å²) in [5, 5.41) is 25.2. The highest BCUT2D eigenvalue weighted by Gasteiger charge is 2.27. The average molecular weight is 416 g/mol. The van der Waals surface area contributed by atoms with Crippen LogP contribution in [0.15, 0.2) is 46.8 Å². The minimum absolute atomic E-state index is 0.115. The maximum Gasteiger partial charge on any atom is 0.109 e. The number of nitrogens with two attached hydrogens (primary N) is 2. The first-order valence-corrected chi connectivity index (χ1v) is 9.90. The first-order chi connectivity index (χ1) is 15.1. The topological polar surface area (TPSA) is 153 Å². The van der Waals surface area contributed by atoms with Crippen molar-refractivity contribution in [1.29, 1.82) is 10.7 Å². The Morgan fingerprint density at radius 2 is 2.06 bits per heavy atom. The van der Waals surface area contributed by atoms with Crippen LogP contribution in [-0.2, 0) is 0 Å². The summed E-state index contributed by atoms with van der Waals surface area (Å²) in [6, 6.07) is 8.13. The SMILES string of the molecule is CN=C/C(=C\N)c1ccc(-c2ccnnc2)c(N2CCC(C(N)=NC=N)CC2)c1C#N. The van der Waals surface area contributed by atoms with Gasteiger partial charge in [-0.25, -0.2) is 4.99 Å². The maximum absolute atomic E-state index is 10.1. The Hall–Kier alpha value is -4.06. The number of rotatable bonds is 6. The standard InChI is InChI=1S/C22H25N9/c1-27-12-17(10-23)18-2-3-19(16-4-7-29-30-13-16)21(20(18)11-24)31-8-5-15(6-9-31)22(26)28-14-25/h2-4,7,10,12-15H,5-6,8-9,23H2,1H3,(H3,25,26,28)/b17-10+,27-12?. The number of hydrogen-bond donors (Lipinski definition) is 3. The van der Waals surface area contributed by atoms with E-state index >= 15 is 0 Å². The van der Waals surface area contributed by atoms with Crippen molar-refractivity contribution < 1.29 is 0 Å². The molecule has 0 spiro atoms. The molecule has 0 aliphatic carbocycles. The number of allylic oxidation sites excluding steroid dienone is 1. The predicted octanol–water partition coefficient (Wildman–Crippen LogP) is 2.20. The summed E-state index contributed by atoms with van der Waals surface area (Å²) in [6.45, 7) is 1.40. The lowest BCUT2D eigenvalue weighted by Gasteiger charge is -2.35. The van der Waals surface area contributed by atoms with Gasteiger partial charge < -0.3 is 16.4 Å². The van der Waals surface area contributed by atoms with E-state index in [0.717, 1.165) is 41.6 Å². The van der Waals surface area contributed by atoms with Gasteiger partial charge in [0.05, 0.1) is 23.6 Å². The molecule has 0 unspecified atom stereocenters. The van der Waals surface area contributed by atoms with Crippen LogP contribution in [0.4, 0.5) is 5.69 Å². The number of nitriles is 1. The van der Waals surface area contributed by atoms with Gasteiger partial charge in [-0.15, -0.1) is 0 Å². The quantitative estimate of drug-likeness (QED) is 0.485. The highest BCUT2D eigenvalue weighted by Crippen LogP contribution is 2.39. The molecule has 9 heteroatoms. The second-order valence-corrected chi connectivity index (χ2v) is 7.08. The summed E-state index contributed by atoms with van der Waals surface area (Å²) in [4.78, 5) is 10.2. The van der Waals surface area contributed by atoms with Crippen molar-refractivity contribution in [3.63, 3.8) is 0 Å². The van der Waals surface area contributed by atoms with Crippen LogP contribution in [0.1, 0.15) is 24.0 Å². The molecule has 1 aliphatic heterocycles. The molecule has 1 saturated heterocycles. The number of amidine groups is 1. The third kappa shape index (κ3) is 4.59. The Morgan fingerprint density at radius 3 is 2.65 bits per heavy atom. The van der Waals surface area contributed by atoms with Gasteiger partial charge in [-0.1, -0.05) is 12.1 Å². The highest BCUT2D eigenvalue weighted by atomic mass is 15.1. The van der Waals surface area contributed by atoms with Crippen LogP contribution in [0, 0.1) is 22.7 Å². The molecule has 5 N–H and O–H groups in total. The van der Waals surface area contributed by atoms with E-state index in [9.17, 15) is 5.26 Å². The number of anilines is 1. The summed E-state index contributed by atoms with van der Waals surface area (Å²) >= 11 is 0. The second-order valence-electron chi connectivity index (χ2n) is 7.08. The smallest absolute Gasteiger partial charge is 0.109 e. The van der Waals surface area contributed by atoms with Gasteiger partial charge in [-0.3, -0.25) is 10.4 Å². The molecule has 31 heavy (non-hydrogen) atoms. The third-order valence-corrected chi connectivity index (χ3v) is 5.39. The molecule has 9 nitrogen and oxygen atoms in total. The van der Waals surface area contributed by atoms with E-state index in [1.165, 1.54) is 6.20 Å². The summed E-state index contributed by atoms with van der Waals surface area (Å²) in [6.07, 6.45) is 8.97. The molecule has 3 rings (SSSR count). The van der Waals surface area contributed by atoms with Gasteiger partial charge in [-0.05, 0) is 18.9 Å². The maximum atomic E-state index is 10.1. The lowest BCUT2D eigenvalue weighted by atomic mass is 9.90. The van der Waals surface area contributed by atoms with Crippen molar-refractivity contribution in [3.8, 4) is 17.2 Å².